The van der Waals surface area contributed by atoms with Crippen molar-refractivity contribution in [3.63, 3.8) is 0 Å². The molecule has 0 aliphatic rings. The number of likely N-dealkylation sites (N-methyl/N-ethyl adjacent to an activating group) is 2. The third-order valence-corrected chi connectivity index (χ3v) is 3.18. The van der Waals surface area contributed by atoms with Gasteiger partial charge >= 0.3 is 5.69 Å². The van der Waals surface area contributed by atoms with E-state index in [4.69, 9.17) is 4.74 Å². The molecular formula is C15H21F2N5O4. The van der Waals surface area contributed by atoms with Crippen LogP contribution in [-0.4, -0.2) is 68.0 Å². The molecule has 11 heteroatoms. The highest BCUT2D eigenvalue weighted by Crippen LogP contribution is 2.34. The lowest BCUT2D eigenvalue weighted by molar-refractivity contribution is -0.386. The van der Waals surface area contributed by atoms with E-state index >= 15 is 0 Å². The standard InChI is InChI=1S/C15H21F2N5O4/c1-5-13(23)18-10-8-11(22(24)25)15(26-9-12(16)17)19-14(10)21(4)7-6-20(2)3/h5,8,12H,1,6-7,9H2,2-4H3,(H,18,23). The van der Waals surface area contributed by atoms with E-state index in [1.54, 1.807) is 11.9 Å². The van der Waals surface area contributed by atoms with E-state index in [0.29, 0.717) is 13.1 Å². The third-order valence-electron chi connectivity index (χ3n) is 3.18. The molecule has 1 heterocycles. The Morgan fingerprint density at radius 3 is 2.62 bits per heavy atom. The van der Waals surface area contributed by atoms with Gasteiger partial charge < -0.3 is 19.9 Å². The molecular weight excluding hydrogens is 352 g/mol. The van der Waals surface area contributed by atoms with E-state index in [-0.39, 0.29) is 11.5 Å². The molecule has 144 valence electrons. The van der Waals surface area contributed by atoms with Crippen LogP contribution in [0.2, 0.25) is 0 Å². The molecule has 0 bridgehead atoms. The van der Waals surface area contributed by atoms with E-state index < -0.39 is 35.4 Å². The molecule has 1 rings (SSSR count). The first-order chi connectivity index (χ1) is 12.1. The van der Waals surface area contributed by atoms with Crippen LogP contribution in [0.3, 0.4) is 0 Å². The molecule has 0 saturated carbocycles. The molecule has 0 spiro atoms. The van der Waals surface area contributed by atoms with Crippen LogP contribution >= 0.6 is 0 Å². The van der Waals surface area contributed by atoms with Gasteiger partial charge in [-0.25, -0.2) is 8.78 Å². The number of nitro groups is 1. The van der Waals surface area contributed by atoms with Crippen LogP contribution in [-0.2, 0) is 4.79 Å². The van der Waals surface area contributed by atoms with Crippen LogP contribution in [0.5, 0.6) is 5.88 Å². The lowest BCUT2D eigenvalue weighted by Gasteiger charge is -2.23. The molecule has 9 nitrogen and oxygen atoms in total. The number of hydrogen-bond acceptors (Lipinski definition) is 7. The Kier molecular flexibility index (Phi) is 7.84. The number of aromatic nitrogens is 1. The van der Waals surface area contributed by atoms with E-state index in [9.17, 15) is 23.7 Å². The predicted octanol–water partition coefficient (Wildman–Crippen LogP) is 1.76. The van der Waals surface area contributed by atoms with E-state index in [2.05, 4.69) is 16.9 Å². The summed E-state index contributed by atoms with van der Waals surface area (Å²) in [6.45, 7) is 3.37. The van der Waals surface area contributed by atoms with E-state index in [1.165, 1.54) is 0 Å². The Morgan fingerprint density at radius 2 is 2.12 bits per heavy atom. The minimum Gasteiger partial charge on any atom is -0.467 e. The molecule has 26 heavy (non-hydrogen) atoms. The number of halogens is 2. The van der Waals surface area contributed by atoms with Crippen molar-refractivity contribution in [2.45, 2.75) is 6.43 Å². The molecule has 1 aromatic rings. The first-order valence-corrected chi connectivity index (χ1v) is 7.55. The predicted molar refractivity (Wildman–Crippen MR) is 93.0 cm³/mol. The fourth-order valence-corrected chi connectivity index (χ4v) is 1.88. The van der Waals surface area contributed by atoms with Gasteiger partial charge in [-0.15, -0.1) is 0 Å². The number of nitrogens with one attached hydrogen (secondary N) is 1. The highest BCUT2D eigenvalue weighted by atomic mass is 19.3. The summed E-state index contributed by atoms with van der Waals surface area (Å²) in [5.41, 5.74) is -0.581. The first-order valence-electron chi connectivity index (χ1n) is 7.55. The van der Waals surface area contributed by atoms with Crippen LogP contribution in [0.25, 0.3) is 0 Å². The second-order valence-electron chi connectivity index (χ2n) is 5.56. The summed E-state index contributed by atoms with van der Waals surface area (Å²) in [6, 6.07) is 1.02. The van der Waals surface area contributed by atoms with Crippen LogP contribution < -0.4 is 15.0 Å². The lowest BCUT2D eigenvalue weighted by Crippen LogP contribution is -2.30. The van der Waals surface area contributed by atoms with Crippen molar-refractivity contribution in [1.82, 2.24) is 9.88 Å². The second kappa shape index (κ2) is 9.61. The molecule has 0 aliphatic carbocycles. The third kappa shape index (κ3) is 6.24. The summed E-state index contributed by atoms with van der Waals surface area (Å²) < 4.78 is 29.6. The van der Waals surface area contributed by atoms with Gasteiger partial charge in [0.15, 0.2) is 12.4 Å². The number of pyridine rings is 1. The average Bonchev–Trinajstić information content (AvgIpc) is 2.57. The normalized spacial score (nSPS) is 10.7. The van der Waals surface area contributed by atoms with E-state index in [1.807, 2.05) is 19.0 Å². The Labute approximate surface area is 149 Å². The maximum Gasteiger partial charge on any atom is 0.333 e. The van der Waals surface area contributed by atoms with E-state index in [0.717, 1.165) is 12.1 Å². The molecule has 0 saturated heterocycles. The number of ether oxygens (including phenoxy) is 1. The minimum absolute atomic E-state index is 0.0484. The summed E-state index contributed by atoms with van der Waals surface area (Å²) in [4.78, 5) is 29.5. The number of carbonyl (C=O) groups is 1. The van der Waals surface area contributed by atoms with Gasteiger partial charge in [0.1, 0.15) is 0 Å². The molecule has 1 aromatic heterocycles. The van der Waals surface area contributed by atoms with Crippen molar-refractivity contribution in [1.29, 1.82) is 0 Å². The summed E-state index contributed by atoms with van der Waals surface area (Å²) in [7, 11) is 5.36. The Bertz CT molecular complexity index is 670. The summed E-state index contributed by atoms with van der Waals surface area (Å²) in [5, 5.41) is 13.6. The smallest absolute Gasteiger partial charge is 0.333 e. The first kappa shape index (κ1) is 21.2. The molecule has 0 fully saturated rings. The fourth-order valence-electron chi connectivity index (χ4n) is 1.88. The summed E-state index contributed by atoms with van der Waals surface area (Å²) >= 11 is 0. The monoisotopic (exact) mass is 373 g/mol. The molecule has 0 radical (unpaired) electrons. The number of hydrogen-bond donors (Lipinski definition) is 1. The molecule has 0 aromatic carbocycles. The van der Waals surface area contributed by atoms with Crippen LogP contribution in [0, 0.1) is 10.1 Å². The van der Waals surface area contributed by atoms with Gasteiger partial charge in [0.2, 0.25) is 5.91 Å². The van der Waals surface area contributed by atoms with Crippen molar-refractivity contribution in [3.8, 4) is 5.88 Å². The zero-order chi connectivity index (χ0) is 19.9. The fraction of sp³-hybridized carbons (Fsp3) is 0.467. The Hall–Kier alpha value is -2.82. The minimum atomic E-state index is -2.81. The van der Waals surface area contributed by atoms with Crippen LogP contribution in [0.4, 0.5) is 26.0 Å². The largest absolute Gasteiger partial charge is 0.467 e. The zero-order valence-electron chi connectivity index (χ0n) is 14.7. The molecule has 0 unspecified atom stereocenters. The van der Waals surface area contributed by atoms with Crippen molar-refractivity contribution in [3.05, 3.63) is 28.8 Å². The number of alkyl halides is 2. The van der Waals surface area contributed by atoms with Crippen LogP contribution in [0.15, 0.2) is 18.7 Å². The van der Waals surface area contributed by atoms with Gasteiger partial charge in [-0.2, -0.15) is 4.98 Å². The average molecular weight is 373 g/mol. The van der Waals surface area contributed by atoms with Crippen molar-refractivity contribution in [2.75, 3.05) is 51.1 Å². The number of nitrogens with zero attached hydrogens (tertiary/aromatic N) is 4. The number of rotatable bonds is 10. The Morgan fingerprint density at radius 1 is 1.46 bits per heavy atom. The van der Waals surface area contributed by atoms with Gasteiger partial charge in [-0.1, -0.05) is 6.58 Å². The van der Waals surface area contributed by atoms with Gasteiger partial charge in [0.05, 0.1) is 10.6 Å². The van der Waals surface area contributed by atoms with Gasteiger partial charge in [0, 0.05) is 26.2 Å². The summed E-state index contributed by atoms with van der Waals surface area (Å²) in [6.07, 6.45) is -1.82. The zero-order valence-corrected chi connectivity index (χ0v) is 14.7. The van der Waals surface area contributed by atoms with Gasteiger partial charge in [-0.3, -0.25) is 14.9 Å². The number of amides is 1. The lowest BCUT2D eigenvalue weighted by atomic mass is 10.3. The number of anilines is 2. The van der Waals surface area contributed by atoms with Crippen molar-refractivity contribution in [2.24, 2.45) is 0 Å². The molecule has 1 amide bonds. The summed E-state index contributed by atoms with van der Waals surface area (Å²) in [5.74, 6) is -0.986. The maximum absolute atomic E-state index is 12.4. The number of carbonyl (C=O) groups excluding carboxylic acids is 1. The molecule has 0 aliphatic heterocycles. The van der Waals surface area contributed by atoms with Crippen molar-refractivity contribution < 1.29 is 23.2 Å². The molecule has 1 N–H and O–H groups in total. The quantitative estimate of drug-likeness (QED) is 0.379. The topological polar surface area (TPSA) is 101 Å². The second-order valence-corrected chi connectivity index (χ2v) is 5.56. The maximum atomic E-state index is 12.4. The van der Waals surface area contributed by atoms with Crippen molar-refractivity contribution >= 4 is 23.1 Å². The van der Waals surface area contributed by atoms with Gasteiger partial charge in [0.25, 0.3) is 12.3 Å². The molecule has 0 atom stereocenters. The highest BCUT2D eigenvalue weighted by molar-refractivity contribution is 6.01. The highest BCUT2D eigenvalue weighted by Gasteiger charge is 2.25. The Balaban J connectivity index is 3.34. The van der Waals surface area contributed by atoms with Gasteiger partial charge in [-0.05, 0) is 20.2 Å². The van der Waals surface area contributed by atoms with Crippen LogP contribution in [0.1, 0.15) is 0 Å². The SMILES string of the molecule is C=CC(=O)Nc1cc([N+](=O)[O-])c(OCC(F)F)nc1N(C)CCN(C)C.